The minimum absolute atomic E-state index is 0.493. The molecule has 5 nitrogen and oxygen atoms in total. The zero-order chi connectivity index (χ0) is 12.4. The van der Waals surface area contributed by atoms with E-state index in [0.717, 1.165) is 16.6 Å². The molecule has 0 aliphatic carbocycles. The fraction of sp³-hybridized carbons (Fsp3) is 0.0769. The van der Waals surface area contributed by atoms with Gasteiger partial charge >= 0.3 is 0 Å². The van der Waals surface area contributed by atoms with Gasteiger partial charge in [0.25, 0.3) is 0 Å². The van der Waals surface area contributed by atoms with Gasteiger partial charge in [-0.1, -0.05) is 18.2 Å². The van der Waals surface area contributed by atoms with Crippen molar-refractivity contribution in [3.8, 4) is 0 Å². The molecule has 0 saturated heterocycles. The number of hydrogen-bond acceptors (Lipinski definition) is 5. The zero-order valence-electron chi connectivity index (χ0n) is 9.83. The lowest BCUT2D eigenvalue weighted by atomic mass is 10.2. The monoisotopic (exact) mass is 237 g/mol. The summed E-state index contributed by atoms with van der Waals surface area (Å²) in [6, 6.07) is 9.66. The second kappa shape index (κ2) is 4.37. The van der Waals surface area contributed by atoms with Gasteiger partial charge in [-0.25, -0.2) is 19.9 Å². The molecule has 0 fully saturated rings. The fourth-order valence-electron chi connectivity index (χ4n) is 1.75. The molecule has 3 aromatic rings. The van der Waals surface area contributed by atoms with Crippen LogP contribution < -0.4 is 5.32 Å². The molecule has 2 aromatic heterocycles. The number of nitrogens with zero attached hydrogens (tertiary/aromatic N) is 4. The van der Waals surface area contributed by atoms with Crippen molar-refractivity contribution in [2.75, 3.05) is 5.32 Å². The lowest BCUT2D eigenvalue weighted by Crippen LogP contribution is -2.02. The highest BCUT2D eigenvalue weighted by Gasteiger charge is 2.04. The van der Waals surface area contributed by atoms with Crippen molar-refractivity contribution >= 4 is 22.8 Å². The summed E-state index contributed by atoms with van der Waals surface area (Å²) in [7, 11) is 0. The van der Waals surface area contributed by atoms with Crippen molar-refractivity contribution in [2.24, 2.45) is 0 Å². The first-order valence-electron chi connectivity index (χ1n) is 5.60. The Bertz CT molecular complexity index is 681. The van der Waals surface area contributed by atoms with Crippen molar-refractivity contribution in [3.05, 3.63) is 48.4 Å². The minimum atomic E-state index is 0.493. The molecule has 0 amide bonds. The van der Waals surface area contributed by atoms with Crippen LogP contribution in [0.15, 0.2) is 42.7 Å². The first-order chi connectivity index (χ1) is 8.83. The van der Waals surface area contributed by atoms with Crippen LogP contribution >= 0.6 is 0 Å². The highest BCUT2D eigenvalue weighted by Crippen LogP contribution is 2.17. The zero-order valence-corrected chi connectivity index (χ0v) is 9.83. The summed E-state index contributed by atoms with van der Waals surface area (Å²) >= 11 is 0. The first-order valence-corrected chi connectivity index (χ1v) is 5.60. The Labute approximate surface area is 104 Å². The smallest absolute Gasteiger partial charge is 0.230 e. The average molecular weight is 237 g/mol. The van der Waals surface area contributed by atoms with Gasteiger partial charge in [0.05, 0.1) is 11.2 Å². The summed E-state index contributed by atoms with van der Waals surface area (Å²) in [4.78, 5) is 17.0. The van der Waals surface area contributed by atoms with Crippen molar-refractivity contribution in [3.63, 3.8) is 0 Å². The third-order valence-electron chi connectivity index (χ3n) is 2.58. The Balaban J connectivity index is 2.03. The van der Waals surface area contributed by atoms with E-state index in [1.54, 1.807) is 18.5 Å². The van der Waals surface area contributed by atoms with Gasteiger partial charge in [0.1, 0.15) is 0 Å². The summed E-state index contributed by atoms with van der Waals surface area (Å²) in [6.07, 6.45) is 3.34. The molecule has 0 aliphatic heterocycles. The largest absolute Gasteiger partial charge is 0.293 e. The SMILES string of the molecule is Cc1nc(Nc2ncccn2)nc2ccccc12. The van der Waals surface area contributed by atoms with E-state index in [1.807, 2.05) is 31.2 Å². The fourth-order valence-corrected chi connectivity index (χ4v) is 1.75. The quantitative estimate of drug-likeness (QED) is 0.741. The molecule has 1 aromatic carbocycles. The average Bonchev–Trinajstić information content (AvgIpc) is 2.40. The second-order valence-electron chi connectivity index (χ2n) is 3.85. The molecule has 0 atom stereocenters. The Kier molecular flexibility index (Phi) is 2.57. The third kappa shape index (κ3) is 1.98. The number of benzene rings is 1. The Morgan fingerprint density at radius 2 is 1.67 bits per heavy atom. The van der Waals surface area contributed by atoms with Gasteiger partial charge in [-0.05, 0) is 19.1 Å². The molecular formula is C13H11N5. The van der Waals surface area contributed by atoms with Crippen LogP contribution in [-0.4, -0.2) is 19.9 Å². The van der Waals surface area contributed by atoms with E-state index in [4.69, 9.17) is 0 Å². The number of aromatic nitrogens is 4. The summed E-state index contributed by atoms with van der Waals surface area (Å²) in [5.74, 6) is 1.00. The number of fused-ring (bicyclic) bond motifs is 1. The van der Waals surface area contributed by atoms with Gasteiger partial charge in [-0.15, -0.1) is 0 Å². The lowest BCUT2D eigenvalue weighted by Gasteiger charge is -2.06. The number of hydrogen-bond donors (Lipinski definition) is 1. The minimum Gasteiger partial charge on any atom is -0.293 e. The molecule has 0 radical (unpaired) electrons. The Morgan fingerprint density at radius 3 is 2.50 bits per heavy atom. The van der Waals surface area contributed by atoms with Gasteiger partial charge < -0.3 is 0 Å². The maximum absolute atomic E-state index is 4.43. The maximum Gasteiger partial charge on any atom is 0.230 e. The molecule has 3 rings (SSSR count). The van der Waals surface area contributed by atoms with Crippen LogP contribution in [0, 0.1) is 6.92 Å². The maximum atomic E-state index is 4.43. The van der Waals surface area contributed by atoms with Crippen LogP contribution in [0.1, 0.15) is 5.69 Å². The van der Waals surface area contributed by atoms with E-state index < -0.39 is 0 Å². The Morgan fingerprint density at radius 1 is 0.889 bits per heavy atom. The van der Waals surface area contributed by atoms with Crippen molar-refractivity contribution in [1.82, 2.24) is 19.9 Å². The number of nitrogens with one attached hydrogen (secondary N) is 1. The molecule has 5 heteroatoms. The number of aryl methyl sites for hydroxylation is 1. The van der Waals surface area contributed by atoms with Crippen molar-refractivity contribution in [2.45, 2.75) is 6.92 Å². The summed E-state index contributed by atoms with van der Waals surface area (Å²) in [5, 5.41) is 4.05. The first kappa shape index (κ1) is 10.6. The Hall–Kier alpha value is -2.56. The van der Waals surface area contributed by atoms with Crippen LogP contribution in [0.3, 0.4) is 0 Å². The molecule has 1 N–H and O–H groups in total. The van der Waals surface area contributed by atoms with Crippen LogP contribution in [-0.2, 0) is 0 Å². The molecular weight excluding hydrogens is 226 g/mol. The van der Waals surface area contributed by atoms with Crippen LogP contribution in [0.4, 0.5) is 11.9 Å². The molecule has 0 bridgehead atoms. The molecule has 0 unspecified atom stereocenters. The van der Waals surface area contributed by atoms with Gasteiger partial charge in [0.2, 0.25) is 11.9 Å². The van der Waals surface area contributed by atoms with Gasteiger partial charge in [-0.3, -0.25) is 5.32 Å². The lowest BCUT2D eigenvalue weighted by molar-refractivity contribution is 1.10. The molecule has 88 valence electrons. The molecule has 18 heavy (non-hydrogen) atoms. The highest BCUT2D eigenvalue weighted by molar-refractivity contribution is 5.81. The van der Waals surface area contributed by atoms with Gasteiger partial charge in [0.15, 0.2) is 0 Å². The van der Waals surface area contributed by atoms with E-state index in [0.29, 0.717) is 11.9 Å². The van der Waals surface area contributed by atoms with Crippen molar-refractivity contribution < 1.29 is 0 Å². The van der Waals surface area contributed by atoms with E-state index >= 15 is 0 Å². The second-order valence-corrected chi connectivity index (χ2v) is 3.85. The van der Waals surface area contributed by atoms with E-state index in [-0.39, 0.29) is 0 Å². The number of para-hydroxylation sites is 1. The topological polar surface area (TPSA) is 63.6 Å². The molecule has 2 heterocycles. The summed E-state index contributed by atoms with van der Waals surface area (Å²) in [5.41, 5.74) is 1.84. The van der Waals surface area contributed by atoms with Crippen LogP contribution in [0.2, 0.25) is 0 Å². The van der Waals surface area contributed by atoms with Crippen LogP contribution in [0.25, 0.3) is 10.9 Å². The number of anilines is 2. The van der Waals surface area contributed by atoms with Crippen molar-refractivity contribution in [1.29, 1.82) is 0 Å². The van der Waals surface area contributed by atoms with Gasteiger partial charge in [-0.2, -0.15) is 0 Å². The molecule has 0 aliphatic rings. The highest BCUT2D eigenvalue weighted by atomic mass is 15.2. The van der Waals surface area contributed by atoms with E-state index in [1.165, 1.54) is 0 Å². The third-order valence-corrected chi connectivity index (χ3v) is 2.58. The molecule has 0 spiro atoms. The standard InChI is InChI=1S/C13H11N5/c1-9-10-5-2-3-6-11(10)17-13(16-9)18-12-14-7-4-8-15-12/h2-8H,1H3,(H,14,15,16,17,18). The predicted octanol–water partition coefficient (Wildman–Crippen LogP) is 2.47. The summed E-state index contributed by atoms with van der Waals surface area (Å²) < 4.78 is 0. The van der Waals surface area contributed by atoms with E-state index in [2.05, 4.69) is 25.3 Å². The van der Waals surface area contributed by atoms with Gasteiger partial charge in [0, 0.05) is 17.8 Å². The normalized spacial score (nSPS) is 10.5. The number of rotatable bonds is 2. The summed E-state index contributed by atoms with van der Waals surface area (Å²) in [6.45, 7) is 1.96. The predicted molar refractivity (Wildman–Crippen MR) is 69.6 cm³/mol. The van der Waals surface area contributed by atoms with Crippen LogP contribution in [0.5, 0.6) is 0 Å². The van der Waals surface area contributed by atoms with E-state index in [9.17, 15) is 0 Å². The molecule has 0 saturated carbocycles.